The molecule has 29 heavy (non-hydrogen) atoms. The lowest BCUT2D eigenvalue weighted by atomic mass is 9.98. The third-order valence-electron chi connectivity index (χ3n) is 6.45. The van der Waals surface area contributed by atoms with Crippen LogP contribution in [0.3, 0.4) is 0 Å². The van der Waals surface area contributed by atoms with E-state index in [2.05, 4.69) is 34.1 Å². The lowest BCUT2D eigenvalue weighted by Crippen LogP contribution is -2.31. The van der Waals surface area contributed by atoms with Crippen LogP contribution in [0.1, 0.15) is 46.3 Å². The molecule has 148 valence electrons. The number of aryl methyl sites for hydroxylation is 1. The number of H-pyrrole nitrogens is 1. The molecule has 0 amide bonds. The van der Waals surface area contributed by atoms with Crippen molar-refractivity contribution in [2.45, 2.75) is 32.1 Å². The molecule has 1 aliphatic heterocycles. The van der Waals surface area contributed by atoms with E-state index >= 15 is 0 Å². The molecule has 5 rings (SSSR count). The van der Waals surface area contributed by atoms with Crippen molar-refractivity contribution < 1.29 is 9.90 Å². The summed E-state index contributed by atoms with van der Waals surface area (Å²) >= 11 is 0. The summed E-state index contributed by atoms with van der Waals surface area (Å²) in [7, 11) is 0. The summed E-state index contributed by atoms with van der Waals surface area (Å²) in [5.41, 5.74) is 8.61. The first-order valence-corrected chi connectivity index (χ1v) is 10.5. The first-order valence-electron chi connectivity index (χ1n) is 10.5. The molecule has 0 saturated carbocycles. The summed E-state index contributed by atoms with van der Waals surface area (Å²) in [6.07, 6.45) is 7.38. The van der Waals surface area contributed by atoms with Gasteiger partial charge in [-0.15, -0.1) is 0 Å². The van der Waals surface area contributed by atoms with E-state index in [-0.39, 0.29) is 0 Å². The van der Waals surface area contributed by atoms with Crippen LogP contribution in [-0.2, 0) is 12.8 Å². The molecule has 4 heteroatoms. The second-order valence-electron chi connectivity index (χ2n) is 8.25. The number of carbonyl (C=O) groups is 1. The Labute approximate surface area is 170 Å². The number of aromatic carboxylic acids is 1. The van der Waals surface area contributed by atoms with Crippen molar-refractivity contribution in [3.63, 3.8) is 0 Å². The van der Waals surface area contributed by atoms with Gasteiger partial charge in [0, 0.05) is 30.2 Å². The van der Waals surface area contributed by atoms with Crippen molar-refractivity contribution >= 4 is 22.4 Å². The molecule has 0 bridgehead atoms. The van der Waals surface area contributed by atoms with E-state index in [1.807, 2.05) is 12.3 Å². The minimum atomic E-state index is -0.855. The summed E-state index contributed by atoms with van der Waals surface area (Å²) in [6.45, 7) is 3.35. The molecule has 2 heterocycles. The Balaban J connectivity index is 1.18. The fourth-order valence-electron chi connectivity index (χ4n) is 5.05. The number of fused-ring (bicyclic) bond motifs is 3. The number of nitrogens with one attached hydrogen (secondary N) is 1. The Morgan fingerprint density at radius 3 is 2.90 bits per heavy atom. The molecule has 1 aliphatic carbocycles. The zero-order valence-corrected chi connectivity index (χ0v) is 16.6. The maximum atomic E-state index is 11.5. The van der Waals surface area contributed by atoms with Gasteiger partial charge in [0.25, 0.3) is 0 Å². The molecule has 0 unspecified atom stereocenters. The van der Waals surface area contributed by atoms with Gasteiger partial charge in [-0.3, -0.25) is 4.90 Å². The van der Waals surface area contributed by atoms with Crippen LogP contribution < -0.4 is 0 Å². The highest BCUT2D eigenvalue weighted by molar-refractivity contribution is 6.04. The molecule has 3 aromatic rings. The number of nitrogens with zero attached hydrogens (tertiary/aromatic N) is 1. The summed E-state index contributed by atoms with van der Waals surface area (Å²) < 4.78 is 0. The third kappa shape index (κ3) is 3.38. The van der Waals surface area contributed by atoms with E-state index < -0.39 is 5.97 Å². The standard InChI is InChI=1S/C25H26N2O2/c28-25(29)22-9-5-10-23-24(22)18(15-26-23)7-3-4-12-27-13-11-21-19(16-27)14-17-6-1-2-8-20(17)21/h1-2,5-6,8-10,15,26H,3-4,7,11-14,16H2,(H,28,29). The van der Waals surface area contributed by atoms with E-state index in [9.17, 15) is 9.90 Å². The van der Waals surface area contributed by atoms with Gasteiger partial charge in [0.2, 0.25) is 0 Å². The van der Waals surface area contributed by atoms with E-state index in [1.54, 1.807) is 23.3 Å². The van der Waals surface area contributed by atoms with E-state index in [4.69, 9.17) is 0 Å². The lowest BCUT2D eigenvalue weighted by Gasteiger charge is -2.28. The van der Waals surface area contributed by atoms with Gasteiger partial charge in [0.15, 0.2) is 0 Å². The first kappa shape index (κ1) is 18.2. The van der Waals surface area contributed by atoms with Crippen LogP contribution in [0.15, 0.2) is 54.2 Å². The maximum absolute atomic E-state index is 11.5. The number of hydrogen-bond acceptors (Lipinski definition) is 2. The zero-order valence-electron chi connectivity index (χ0n) is 16.6. The number of benzene rings is 2. The predicted octanol–water partition coefficient (Wildman–Crippen LogP) is 4.90. The highest BCUT2D eigenvalue weighted by atomic mass is 16.4. The largest absolute Gasteiger partial charge is 0.478 e. The first-order chi connectivity index (χ1) is 14.2. The van der Waals surface area contributed by atoms with Gasteiger partial charge in [-0.25, -0.2) is 4.79 Å². The van der Waals surface area contributed by atoms with Crippen LogP contribution in [0.5, 0.6) is 0 Å². The fraction of sp³-hybridized carbons (Fsp3) is 0.320. The van der Waals surface area contributed by atoms with Crippen LogP contribution in [0.25, 0.3) is 16.5 Å². The second kappa shape index (κ2) is 7.53. The Morgan fingerprint density at radius 2 is 2.00 bits per heavy atom. The third-order valence-corrected chi connectivity index (χ3v) is 6.45. The number of unbranched alkanes of at least 4 members (excludes halogenated alkanes) is 1. The van der Waals surface area contributed by atoms with Crippen LogP contribution in [0.2, 0.25) is 0 Å². The molecule has 0 atom stereocenters. The molecule has 0 saturated heterocycles. The minimum Gasteiger partial charge on any atom is -0.478 e. The quantitative estimate of drug-likeness (QED) is 0.592. The van der Waals surface area contributed by atoms with Crippen LogP contribution >= 0.6 is 0 Å². The number of carboxylic acid groups (broad SMARTS) is 1. The summed E-state index contributed by atoms with van der Waals surface area (Å²) in [4.78, 5) is 17.4. The zero-order chi connectivity index (χ0) is 19.8. The average molecular weight is 386 g/mol. The number of aromatic nitrogens is 1. The molecule has 4 nitrogen and oxygen atoms in total. The van der Waals surface area contributed by atoms with Crippen molar-refractivity contribution in [1.82, 2.24) is 9.88 Å². The molecule has 2 aliphatic rings. The average Bonchev–Trinajstić information content (AvgIpc) is 3.31. The van der Waals surface area contributed by atoms with E-state index in [0.717, 1.165) is 68.2 Å². The van der Waals surface area contributed by atoms with Crippen molar-refractivity contribution in [1.29, 1.82) is 0 Å². The van der Waals surface area contributed by atoms with Gasteiger partial charge in [-0.05, 0) is 78.6 Å². The Hall–Kier alpha value is -2.85. The SMILES string of the molecule is O=C(O)c1cccc2[nH]cc(CCCCN3CCC4=C(Cc5ccccc54)C3)c12. The van der Waals surface area contributed by atoms with Crippen LogP contribution in [-0.4, -0.2) is 40.6 Å². The molecule has 2 aromatic carbocycles. The second-order valence-corrected chi connectivity index (χ2v) is 8.25. The van der Waals surface area contributed by atoms with E-state index in [1.165, 1.54) is 11.1 Å². The fourth-order valence-corrected chi connectivity index (χ4v) is 5.05. The normalized spacial score (nSPS) is 16.3. The maximum Gasteiger partial charge on any atom is 0.336 e. The van der Waals surface area contributed by atoms with Crippen molar-refractivity contribution in [3.05, 3.63) is 76.5 Å². The van der Waals surface area contributed by atoms with E-state index in [0.29, 0.717) is 5.56 Å². The predicted molar refractivity (Wildman–Crippen MR) is 116 cm³/mol. The van der Waals surface area contributed by atoms with Gasteiger partial charge in [0.05, 0.1) is 5.56 Å². The molecular weight excluding hydrogens is 360 g/mol. The summed E-state index contributed by atoms with van der Waals surface area (Å²) in [5.74, 6) is -0.855. The van der Waals surface area contributed by atoms with Crippen LogP contribution in [0.4, 0.5) is 0 Å². The van der Waals surface area contributed by atoms with Gasteiger partial charge in [-0.2, -0.15) is 0 Å². The summed E-state index contributed by atoms with van der Waals surface area (Å²) in [5, 5.41) is 10.4. The summed E-state index contributed by atoms with van der Waals surface area (Å²) in [6, 6.07) is 14.3. The van der Waals surface area contributed by atoms with Crippen LogP contribution in [0, 0.1) is 0 Å². The highest BCUT2D eigenvalue weighted by Crippen LogP contribution is 2.37. The number of carboxylic acids is 1. The molecule has 0 fully saturated rings. The highest BCUT2D eigenvalue weighted by Gasteiger charge is 2.26. The van der Waals surface area contributed by atoms with Gasteiger partial charge < -0.3 is 10.1 Å². The molecule has 2 N–H and O–H groups in total. The van der Waals surface area contributed by atoms with Gasteiger partial charge in [0.1, 0.15) is 0 Å². The molecule has 0 spiro atoms. The molecular formula is C25H26N2O2. The topological polar surface area (TPSA) is 56.3 Å². The van der Waals surface area contributed by atoms with Crippen molar-refractivity contribution in [3.8, 4) is 0 Å². The molecule has 1 aromatic heterocycles. The number of aromatic amines is 1. The molecule has 0 radical (unpaired) electrons. The Morgan fingerprint density at radius 1 is 1.10 bits per heavy atom. The van der Waals surface area contributed by atoms with Crippen molar-refractivity contribution in [2.24, 2.45) is 0 Å². The minimum absolute atomic E-state index is 0.398. The van der Waals surface area contributed by atoms with Gasteiger partial charge in [-0.1, -0.05) is 30.3 Å². The van der Waals surface area contributed by atoms with Gasteiger partial charge >= 0.3 is 5.97 Å². The number of hydrogen-bond donors (Lipinski definition) is 2. The Kier molecular flexibility index (Phi) is 4.72. The smallest absolute Gasteiger partial charge is 0.336 e. The lowest BCUT2D eigenvalue weighted by molar-refractivity contribution is 0.0699. The Bertz CT molecular complexity index is 1110. The monoisotopic (exact) mass is 386 g/mol. The van der Waals surface area contributed by atoms with Crippen molar-refractivity contribution in [2.75, 3.05) is 19.6 Å². The number of rotatable bonds is 6.